The van der Waals surface area contributed by atoms with Crippen molar-refractivity contribution in [1.29, 1.82) is 0 Å². The number of pyridine rings is 3. The first kappa shape index (κ1) is 33.8. The largest absolute Gasteiger partial charge is 0.255 e. The van der Waals surface area contributed by atoms with E-state index in [1.54, 1.807) is 12.4 Å². The first-order chi connectivity index (χ1) is 28.2. The fraction of sp³-hybridized carbons (Fsp3) is 0.0200. The van der Waals surface area contributed by atoms with Gasteiger partial charge in [-0.1, -0.05) is 122 Å². The minimum atomic E-state index is 0.590. The average molecular weight is 732 g/mol. The van der Waals surface area contributed by atoms with Gasteiger partial charge in [-0.25, -0.2) is 15.0 Å². The van der Waals surface area contributed by atoms with Gasteiger partial charge in [-0.15, -0.1) is 0 Å². The smallest absolute Gasteiger partial charge is 0.164 e. The van der Waals surface area contributed by atoms with E-state index in [0.717, 1.165) is 94.1 Å². The second kappa shape index (κ2) is 14.1. The van der Waals surface area contributed by atoms with Crippen LogP contribution in [0.1, 0.15) is 23.7 Å². The van der Waals surface area contributed by atoms with Crippen LogP contribution >= 0.6 is 0 Å². The lowest BCUT2D eigenvalue weighted by molar-refractivity contribution is 1.08. The van der Waals surface area contributed by atoms with Gasteiger partial charge in [-0.3, -0.25) is 19.9 Å². The third-order valence-corrected chi connectivity index (χ3v) is 10.5. The molecule has 0 N–H and O–H groups in total. The number of rotatable bonds is 6. The standard InChI is InChI=1S/C50H33N7/c1-3-31-29-42(39-16-9-27-53-46(39)44(31)51-4-2)33-18-22-35(23-19-33)48-55-49(57-50(56-48)41-15-7-12-32-11-5-6-14-38(32)41)36-24-20-34(21-25-36)43-30-37-13-8-26-52-45(37)47-40(43)17-10-28-54-47/h3-30H,2H2,1H3/b31-3-,51-44?. The Morgan fingerprint density at radius 2 is 1.11 bits per heavy atom. The highest BCUT2D eigenvalue weighted by Crippen LogP contribution is 2.37. The molecule has 10 rings (SSSR count). The normalized spacial score (nSPS) is 13.9. The molecule has 0 atom stereocenters. The molecule has 0 unspecified atom stereocenters. The third kappa shape index (κ3) is 5.99. The summed E-state index contributed by atoms with van der Waals surface area (Å²) in [7, 11) is 0. The molecule has 0 fully saturated rings. The number of aromatic nitrogens is 6. The molecule has 268 valence electrons. The average Bonchev–Trinajstić information content (AvgIpc) is 3.28. The molecule has 4 aromatic heterocycles. The maximum Gasteiger partial charge on any atom is 0.164 e. The molecule has 0 saturated carbocycles. The van der Waals surface area contributed by atoms with Gasteiger partial charge in [0.2, 0.25) is 0 Å². The first-order valence-corrected chi connectivity index (χ1v) is 18.8. The maximum atomic E-state index is 5.12. The van der Waals surface area contributed by atoms with Crippen molar-refractivity contribution in [2.24, 2.45) is 4.99 Å². The molecule has 0 spiro atoms. The zero-order chi connectivity index (χ0) is 38.3. The summed E-state index contributed by atoms with van der Waals surface area (Å²) in [5.74, 6) is 1.79. The van der Waals surface area contributed by atoms with Gasteiger partial charge in [0.1, 0.15) is 0 Å². The Balaban J connectivity index is 1.08. The van der Waals surface area contributed by atoms with E-state index in [0.29, 0.717) is 17.5 Å². The van der Waals surface area contributed by atoms with Crippen LogP contribution in [-0.4, -0.2) is 35.6 Å². The number of nitrogens with zero attached hydrogens (tertiary/aromatic N) is 7. The zero-order valence-corrected chi connectivity index (χ0v) is 31.0. The van der Waals surface area contributed by atoms with Crippen molar-refractivity contribution < 1.29 is 0 Å². The quantitative estimate of drug-likeness (QED) is 0.158. The van der Waals surface area contributed by atoms with E-state index in [1.807, 2.05) is 49.6 Å². The molecule has 5 aromatic carbocycles. The molecule has 0 saturated heterocycles. The Bertz CT molecular complexity index is 3140. The fourth-order valence-electron chi connectivity index (χ4n) is 7.72. The van der Waals surface area contributed by atoms with Crippen LogP contribution in [0, 0.1) is 0 Å². The van der Waals surface area contributed by atoms with Crippen LogP contribution < -0.4 is 0 Å². The summed E-state index contributed by atoms with van der Waals surface area (Å²) >= 11 is 0. The number of hydrogen-bond donors (Lipinski definition) is 0. The molecule has 7 heteroatoms. The number of fused-ring (bicyclic) bond motifs is 5. The van der Waals surface area contributed by atoms with Crippen LogP contribution in [0.2, 0.25) is 0 Å². The van der Waals surface area contributed by atoms with Crippen LogP contribution in [0.4, 0.5) is 0 Å². The first-order valence-electron chi connectivity index (χ1n) is 18.8. The summed E-state index contributed by atoms with van der Waals surface area (Å²) in [5, 5.41) is 4.30. The van der Waals surface area contributed by atoms with E-state index >= 15 is 0 Å². The summed E-state index contributed by atoms with van der Waals surface area (Å²) in [4.78, 5) is 34.0. The van der Waals surface area contributed by atoms with Crippen molar-refractivity contribution in [1.82, 2.24) is 29.9 Å². The van der Waals surface area contributed by atoms with Crippen LogP contribution in [0.3, 0.4) is 0 Å². The number of hydrogen-bond acceptors (Lipinski definition) is 7. The summed E-state index contributed by atoms with van der Waals surface area (Å²) in [5.41, 5.74) is 12.4. The van der Waals surface area contributed by atoms with Gasteiger partial charge in [-0.2, -0.15) is 0 Å². The van der Waals surface area contributed by atoms with Gasteiger partial charge in [0.25, 0.3) is 0 Å². The predicted octanol–water partition coefficient (Wildman–Crippen LogP) is 11.5. The van der Waals surface area contributed by atoms with Crippen molar-refractivity contribution in [2.75, 3.05) is 0 Å². The Kier molecular flexibility index (Phi) is 8.38. The highest BCUT2D eigenvalue weighted by atomic mass is 15.0. The lowest BCUT2D eigenvalue weighted by Gasteiger charge is -2.20. The van der Waals surface area contributed by atoms with Gasteiger partial charge in [0, 0.05) is 57.8 Å². The SMILES string of the molecule is C=CN=C1/C(=C\C)C=C(c2ccc(-c3nc(-c4ccc(-c5cc6cccnc6c6ncccc56)cc4)nc(-c4cccc5ccccc45)n3)cc2)c2cccnc21. The molecule has 9 aromatic rings. The van der Waals surface area contributed by atoms with Crippen LogP contribution in [0.15, 0.2) is 188 Å². The van der Waals surface area contributed by atoms with Crippen molar-refractivity contribution >= 4 is 43.9 Å². The molecule has 0 amide bonds. The molecule has 4 heterocycles. The molecule has 57 heavy (non-hydrogen) atoms. The van der Waals surface area contributed by atoms with E-state index in [1.165, 1.54) is 0 Å². The second-order valence-corrected chi connectivity index (χ2v) is 13.7. The molecular weight excluding hydrogens is 699 g/mol. The summed E-state index contributed by atoms with van der Waals surface area (Å²) in [6.07, 6.45) is 11.2. The minimum Gasteiger partial charge on any atom is -0.255 e. The van der Waals surface area contributed by atoms with E-state index in [2.05, 4.69) is 132 Å². The number of aliphatic imine (C=N–C) groups is 1. The van der Waals surface area contributed by atoms with Crippen molar-refractivity contribution in [3.8, 4) is 45.3 Å². The van der Waals surface area contributed by atoms with Crippen LogP contribution in [0.5, 0.6) is 0 Å². The number of benzene rings is 5. The van der Waals surface area contributed by atoms with E-state index in [-0.39, 0.29) is 0 Å². The van der Waals surface area contributed by atoms with E-state index in [4.69, 9.17) is 24.9 Å². The zero-order valence-electron chi connectivity index (χ0n) is 31.0. The maximum absolute atomic E-state index is 5.12. The van der Waals surface area contributed by atoms with E-state index in [9.17, 15) is 0 Å². The molecule has 1 aliphatic rings. The Labute approximate surface area is 329 Å². The molecular formula is C50H33N7. The van der Waals surface area contributed by atoms with Gasteiger partial charge < -0.3 is 0 Å². The highest BCUT2D eigenvalue weighted by molar-refractivity contribution is 6.20. The molecule has 0 radical (unpaired) electrons. The molecule has 1 aliphatic carbocycles. The van der Waals surface area contributed by atoms with Gasteiger partial charge in [-0.05, 0) is 75.9 Å². The van der Waals surface area contributed by atoms with Gasteiger partial charge >= 0.3 is 0 Å². The Morgan fingerprint density at radius 3 is 1.88 bits per heavy atom. The predicted molar refractivity (Wildman–Crippen MR) is 231 cm³/mol. The lowest BCUT2D eigenvalue weighted by Crippen LogP contribution is -2.14. The summed E-state index contributed by atoms with van der Waals surface area (Å²) in [6.45, 7) is 5.84. The van der Waals surface area contributed by atoms with Gasteiger partial charge in [0.15, 0.2) is 17.5 Å². The summed E-state index contributed by atoms with van der Waals surface area (Å²) < 4.78 is 0. The molecule has 7 nitrogen and oxygen atoms in total. The monoisotopic (exact) mass is 731 g/mol. The number of allylic oxidation sites excluding steroid dienone is 3. The van der Waals surface area contributed by atoms with Gasteiger partial charge in [0.05, 0.1) is 22.4 Å². The highest BCUT2D eigenvalue weighted by Gasteiger charge is 2.23. The fourth-order valence-corrected chi connectivity index (χ4v) is 7.72. The Hall–Kier alpha value is -7.77. The lowest BCUT2D eigenvalue weighted by atomic mass is 9.86. The summed E-state index contributed by atoms with van der Waals surface area (Å²) in [6, 6.07) is 45.8. The van der Waals surface area contributed by atoms with Crippen molar-refractivity contribution in [3.05, 3.63) is 199 Å². The Morgan fingerprint density at radius 1 is 0.509 bits per heavy atom. The molecule has 0 aliphatic heterocycles. The third-order valence-electron chi connectivity index (χ3n) is 10.5. The second-order valence-electron chi connectivity index (χ2n) is 13.7. The molecule has 0 bridgehead atoms. The minimum absolute atomic E-state index is 0.590. The van der Waals surface area contributed by atoms with E-state index < -0.39 is 0 Å². The topological polar surface area (TPSA) is 89.7 Å². The van der Waals surface area contributed by atoms with Crippen LogP contribution in [-0.2, 0) is 0 Å². The van der Waals surface area contributed by atoms with Crippen molar-refractivity contribution in [3.63, 3.8) is 0 Å². The van der Waals surface area contributed by atoms with Crippen LogP contribution in [0.25, 0.3) is 83.4 Å². The van der Waals surface area contributed by atoms with Crippen molar-refractivity contribution in [2.45, 2.75) is 6.92 Å².